The Labute approximate surface area is 369 Å². The lowest BCUT2D eigenvalue weighted by Gasteiger charge is -2.20. The minimum absolute atomic E-state index is 0.00145. The van der Waals surface area contributed by atoms with Crippen LogP contribution in [-0.4, -0.2) is 116 Å². The normalized spacial score (nSPS) is 13.0. The molecule has 1 saturated heterocycles. The molecule has 19 nitrogen and oxygen atoms in total. The van der Waals surface area contributed by atoms with Gasteiger partial charge in [0.15, 0.2) is 0 Å². The maximum atomic E-state index is 13.2. The Kier molecular flexibility index (Phi) is 14.5. The summed E-state index contributed by atoms with van der Waals surface area (Å²) in [5, 5.41) is 16.6. The largest absolute Gasteiger partial charge is 0.350 e. The Morgan fingerprint density at radius 3 is 1.48 bits per heavy atom. The van der Waals surface area contributed by atoms with Gasteiger partial charge in [-0.25, -0.2) is 0 Å². The molecule has 6 heterocycles. The van der Waals surface area contributed by atoms with Gasteiger partial charge in [0.05, 0.1) is 31.4 Å². The van der Waals surface area contributed by atoms with Crippen LogP contribution in [0.2, 0.25) is 0 Å². The summed E-state index contributed by atoms with van der Waals surface area (Å²) in [6, 6.07) is 9.59. The first-order valence-electron chi connectivity index (χ1n) is 19.7. The van der Waals surface area contributed by atoms with Gasteiger partial charge in [0, 0.05) is 98.5 Å². The summed E-state index contributed by atoms with van der Waals surface area (Å²) in [5.41, 5.74) is 2.66. The van der Waals surface area contributed by atoms with Crippen LogP contribution in [0.1, 0.15) is 70.9 Å². The van der Waals surface area contributed by atoms with E-state index >= 15 is 0 Å². The lowest BCUT2D eigenvalue weighted by molar-refractivity contribution is -0.130. The van der Waals surface area contributed by atoms with E-state index in [1.165, 1.54) is 23.5 Å². The average Bonchev–Trinajstić information content (AvgIpc) is 4.03. The van der Waals surface area contributed by atoms with Gasteiger partial charge in [0.25, 0.3) is 29.5 Å². The van der Waals surface area contributed by atoms with E-state index in [9.17, 15) is 33.6 Å². The average molecular weight is 934 g/mol. The van der Waals surface area contributed by atoms with Crippen LogP contribution in [0.4, 0.5) is 22.7 Å². The third kappa shape index (κ3) is 11.5. The molecule has 5 aromatic heterocycles. The second kappa shape index (κ2) is 19.9. The van der Waals surface area contributed by atoms with Crippen molar-refractivity contribution in [2.75, 3.05) is 67.6 Å². The molecule has 1 fully saturated rings. The third-order valence-electron chi connectivity index (χ3n) is 10.1. The van der Waals surface area contributed by atoms with Crippen molar-refractivity contribution in [3.8, 4) is 0 Å². The SMILES string of the molecule is CN1CCCN(C(=O)CCNC(=O)c2cc(NC(=O)c3cc(NC(=O)CCNC(=O)c4cc(NC(=O)c5cc(NC(=O)c6ccc(Br)s6)cn5C)cn4C)cn3C)cn2C)CC1. The molecule has 6 N–H and O–H groups in total. The van der Waals surface area contributed by atoms with Crippen LogP contribution in [0.25, 0.3) is 0 Å². The van der Waals surface area contributed by atoms with Gasteiger partial charge < -0.3 is 60.0 Å². The van der Waals surface area contributed by atoms with E-state index < -0.39 is 23.6 Å². The number of hydrogen-bond donors (Lipinski definition) is 6. The summed E-state index contributed by atoms with van der Waals surface area (Å²) in [6.07, 6.45) is 7.44. The number of carbonyl (C=O) groups excluding carboxylic acids is 7. The standard InChI is InChI=1S/C41H49BrN12O7S/c1-49-13-6-14-54(16-15-49)36(56)10-12-44-38(58)30-19-27(23-51(30)3)46-39(59)31-17-25(21-52(31)4)45-35(55)9-11-43-37(57)29-18-26(22-50(29)2)47-40(60)32-20-28(24-53(32)5)48-41(61)33-7-8-34(42)62-33/h7-8,17-24H,6,9-16H2,1-5H3,(H,43,57)(H,44,58)(H,45,55)(H,46,59)(H,47,60)(H,48,61). The molecule has 0 radical (unpaired) electrons. The van der Waals surface area contributed by atoms with E-state index in [0.717, 1.165) is 23.3 Å². The zero-order valence-electron chi connectivity index (χ0n) is 35.0. The van der Waals surface area contributed by atoms with Crippen LogP contribution in [-0.2, 0) is 37.8 Å². The van der Waals surface area contributed by atoms with Crippen molar-refractivity contribution in [1.82, 2.24) is 38.7 Å². The number of halogens is 1. The maximum absolute atomic E-state index is 13.2. The number of amides is 7. The molecule has 0 bridgehead atoms. The first kappa shape index (κ1) is 45.1. The minimum atomic E-state index is -0.468. The van der Waals surface area contributed by atoms with E-state index in [-0.39, 0.29) is 60.7 Å². The lowest BCUT2D eigenvalue weighted by Crippen LogP contribution is -2.37. The molecular formula is C41H49BrN12O7S. The number of nitrogens with zero attached hydrogens (tertiary/aromatic N) is 6. The molecule has 0 spiro atoms. The van der Waals surface area contributed by atoms with Gasteiger partial charge in [-0.05, 0) is 72.3 Å². The molecular weight excluding hydrogens is 884 g/mol. The Morgan fingerprint density at radius 1 is 0.548 bits per heavy atom. The summed E-state index contributed by atoms with van der Waals surface area (Å²) in [6.45, 7) is 3.33. The van der Waals surface area contributed by atoms with Crippen molar-refractivity contribution in [2.24, 2.45) is 28.2 Å². The molecule has 1 aliphatic rings. The van der Waals surface area contributed by atoms with Crippen LogP contribution in [0.15, 0.2) is 65.0 Å². The van der Waals surface area contributed by atoms with Crippen molar-refractivity contribution in [3.63, 3.8) is 0 Å². The number of carbonyl (C=O) groups is 7. The highest BCUT2D eigenvalue weighted by molar-refractivity contribution is 9.11. The van der Waals surface area contributed by atoms with E-state index in [1.807, 2.05) is 11.9 Å². The van der Waals surface area contributed by atoms with Crippen LogP contribution in [0, 0.1) is 0 Å². The van der Waals surface area contributed by atoms with Crippen molar-refractivity contribution in [3.05, 3.63) is 92.6 Å². The number of thiophene rings is 1. The van der Waals surface area contributed by atoms with Gasteiger partial charge in [-0.15, -0.1) is 11.3 Å². The highest BCUT2D eigenvalue weighted by atomic mass is 79.9. The number of likely N-dealkylation sites (N-methyl/N-ethyl adjacent to an activating group) is 1. The van der Waals surface area contributed by atoms with E-state index in [0.29, 0.717) is 46.4 Å². The molecule has 0 unspecified atom stereocenters. The minimum Gasteiger partial charge on any atom is -0.350 e. The van der Waals surface area contributed by atoms with Gasteiger partial charge in [0.2, 0.25) is 11.8 Å². The summed E-state index contributed by atoms with van der Waals surface area (Å²) < 4.78 is 7.08. The topological polar surface area (TPSA) is 218 Å². The van der Waals surface area contributed by atoms with Crippen molar-refractivity contribution < 1.29 is 33.6 Å². The van der Waals surface area contributed by atoms with E-state index in [4.69, 9.17) is 0 Å². The van der Waals surface area contributed by atoms with Crippen LogP contribution in [0.3, 0.4) is 0 Å². The van der Waals surface area contributed by atoms with Gasteiger partial charge in [0.1, 0.15) is 22.8 Å². The molecule has 0 aromatic carbocycles. The highest BCUT2D eigenvalue weighted by Crippen LogP contribution is 2.24. The third-order valence-corrected chi connectivity index (χ3v) is 11.8. The molecule has 328 valence electrons. The smallest absolute Gasteiger partial charge is 0.272 e. The maximum Gasteiger partial charge on any atom is 0.272 e. The molecule has 6 rings (SSSR count). The van der Waals surface area contributed by atoms with Gasteiger partial charge >= 0.3 is 0 Å². The number of hydrogen-bond acceptors (Lipinski definition) is 9. The molecule has 7 amide bonds. The summed E-state index contributed by atoms with van der Waals surface area (Å²) in [7, 11) is 8.69. The van der Waals surface area contributed by atoms with Gasteiger partial charge in [-0.2, -0.15) is 0 Å². The lowest BCUT2D eigenvalue weighted by atomic mass is 10.3. The summed E-state index contributed by atoms with van der Waals surface area (Å²) in [4.78, 5) is 94.9. The van der Waals surface area contributed by atoms with Gasteiger partial charge in [-0.1, -0.05) is 0 Å². The van der Waals surface area contributed by atoms with Crippen molar-refractivity contribution >= 4 is 91.4 Å². The number of rotatable bonds is 15. The molecule has 5 aromatic rings. The fraction of sp³-hybridized carbons (Fsp3) is 0.341. The second-order valence-electron chi connectivity index (χ2n) is 15.0. The summed E-state index contributed by atoms with van der Waals surface area (Å²) in [5.74, 6) is -2.45. The second-order valence-corrected chi connectivity index (χ2v) is 17.4. The molecule has 0 aliphatic carbocycles. The predicted octanol–water partition coefficient (Wildman–Crippen LogP) is 3.66. The number of nitrogens with one attached hydrogen (secondary N) is 6. The molecule has 21 heteroatoms. The van der Waals surface area contributed by atoms with Gasteiger partial charge in [-0.3, -0.25) is 33.6 Å². The number of aryl methyl sites for hydroxylation is 4. The molecule has 0 atom stereocenters. The fourth-order valence-corrected chi connectivity index (χ4v) is 8.17. The Hall–Kier alpha value is -6.45. The Bertz CT molecular complexity index is 2510. The van der Waals surface area contributed by atoms with Crippen LogP contribution >= 0.6 is 27.3 Å². The molecule has 0 saturated carbocycles. The predicted molar refractivity (Wildman–Crippen MR) is 239 cm³/mol. The summed E-state index contributed by atoms with van der Waals surface area (Å²) >= 11 is 4.63. The first-order chi connectivity index (χ1) is 29.5. The zero-order chi connectivity index (χ0) is 44.7. The van der Waals surface area contributed by atoms with Crippen molar-refractivity contribution in [1.29, 1.82) is 0 Å². The molecule has 1 aliphatic heterocycles. The highest BCUT2D eigenvalue weighted by Gasteiger charge is 2.21. The van der Waals surface area contributed by atoms with E-state index in [1.54, 1.807) is 95.5 Å². The molecule has 62 heavy (non-hydrogen) atoms. The van der Waals surface area contributed by atoms with Crippen LogP contribution in [0.5, 0.6) is 0 Å². The van der Waals surface area contributed by atoms with E-state index in [2.05, 4.69) is 52.7 Å². The first-order valence-corrected chi connectivity index (χ1v) is 21.3. The zero-order valence-corrected chi connectivity index (χ0v) is 37.4. The Balaban J connectivity index is 0.932. The monoisotopic (exact) mass is 932 g/mol. The quantitative estimate of drug-likeness (QED) is 0.0909. The fourth-order valence-electron chi connectivity index (χ4n) is 6.88. The number of aromatic nitrogens is 4. The van der Waals surface area contributed by atoms with Crippen LogP contribution < -0.4 is 31.9 Å². The Morgan fingerprint density at radius 2 is 1.00 bits per heavy atom. The van der Waals surface area contributed by atoms with Crippen molar-refractivity contribution in [2.45, 2.75) is 19.3 Å². The number of anilines is 4.